The van der Waals surface area contributed by atoms with E-state index < -0.39 is 0 Å². The average Bonchev–Trinajstić information content (AvgIpc) is 3.21. The van der Waals surface area contributed by atoms with Crippen LogP contribution in [0.3, 0.4) is 0 Å². The number of rotatable bonds is 2. The standard InChI is InChI=1S/C22H18N2O2S/c1-12-8-9-17-14(10-12)11-18(27-17)22(26)24-23-20-15-6-2-4-13-5-3-7-16(19(13)15)21(20)25/h2-7,11-12H,8-10H2,1H3,(H,24,26)/b23-20-. The van der Waals surface area contributed by atoms with Gasteiger partial charge in [0, 0.05) is 21.4 Å². The molecule has 0 radical (unpaired) electrons. The molecule has 2 aromatic carbocycles. The molecule has 0 saturated carbocycles. The zero-order valence-electron chi connectivity index (χ0n) is 14.9. The van der Waals surface area contributed by atoms with Gasteiger partial charge in [-0.05, 0) is 42.2 Å². The predicted molar refractivity (Wildman–Crippen MR) is 108 cm³/mol. The van der Waals surface area contributed by atoms with Crippen molar-refractivity contribution in [2.75, 3.05) is 0 Å². The Labute approximate surface area is 160 Å². The molecule has 3 aromatic rings. The number of aryl methyl sites for hydroxylation is 1. The molecule has 5 heteroatoms. The highest BCUT2D eigenvalue weighted by molar-refractivity contribution is 7.14. The number of Topliss-reactive ketones (excluding diaryl/α,β-unsaturated/α-hetero) is 1. The lowest BCUT2D eigenvalue weighted by molar-refractivity contribution is 0.0959. The number of nitrogens with zero attached hydrogens (tertiary/aromatic N) is 1. The van der Waals surface area contributed by atoms with Crippen LogP contribution in [0.4, 0.5) is 0 Å². The second-order valence-corrected chi connectivity index (χ2v) is 8.48. The Morgan fingerprint density at radius 2 is 1.96 bits per heavy atom. The molecule has 0 fully saturated rings. The van der Waals surface area contributed by atoms with Gasteiger partial charge in [0.2, 0.25) is 5.78 Å². The van der Waals surface area contributed by atoms with Crippen molar-refractivity contribution in [1.29, 1.82) is 0 Å². The second-order valence-electron chi connectivity index (χ2n) is 7.35. The summed E-state index contributed by atoms with van der Waals surface area (Å²) in [5.74, 6) is 0.283. The van der Waals surface area contributed by atoms with Crippen LogP contribution in [-0.4, -0.2) is 17.4 Å². The maximum atomic E-state index is 12.7. The van der Waals surface area contributed by atoms with Crippen molar-refractivity contribution in [2.24, 2.45) is 11.0 Å². The molecule has 27 heavy (non-hydrogen) atoms. The summed E-state index contributed by atoms with van der Waals surface area (Å²) in [6, 6.07) is 13.4. The van der Waals surface area contributed by atoms with Gasteiger partial charge < -0.3 is 0 Å². The van der Waals surface area contributed by atoms with E-state index >= 15 is 0 Å². The first-order chi connectivity index (χ1) is 13.1. The summed E-state index contributed by atoms with van der Waals surface area (Å²) < 4.78 is 0. The smallest absolute Gasteiger partial charge is 0.281 e. The van der Waals surface area contributed by atoms with Gasteiger partial charge in [0.15, 0.2) is 0 Å². The Bertz CT molecular complexity index is 1140. The van der Waals surface area contributed by atoms with E-state index in [1.54, 1.807) is 11.3 Å². The van der Waals surface area contributed by atoms with E-state index in [2.05, 4.69) is 17.5 Å². The van der Waals surface area contributed by atoms with Crippen LogP contribution in [0.5, 0.6) is 0 Å². The Morgan fingerprint density at radius 3 is 2.78 bits per heavy atom. The van der Waals surface area contributed by atoms with Crippen molar-refractivity contribution in [2.45, 2.75) is 26.2 Å². The molecule has 2 aliphatic rings. The van der Waals surface area contributed by atoms with Gasteiger partial charge in [0.05, 0.1) is 4.88 Å². The predicted octanol–water partition coefficient (Wildman–Crippen LogP) is 4.36. The van der Waals surface area contributed by atoms with Crippen LogP contribution in [0.15, 0.2) is 47.6 Å². The fourth-order valence-corrected chi connectivity index (χ4v) is 5.17. The molecule has 2 aliphatic carbocycles. The number of fused-ring (bicyclic) bond motifs is 1. The van der Waals surface area contributed by atoms with Gasteiger partial charge >= 0.3 is 0 Å². The number of hydrazone groups is 1. The molecule has 0 aliphatic heterocycles. The number of hydrogen-bond acceptors (Lipinski definition) is 4. The van der Waals surface area contributed by atoms with E-state index in [9.17, 15) is 9.59 Å². The largest absolute Gasteiger partial charge is 0.287 e. The highest BCUT2D eigenvalue weighted by Crippen LogP contribution is 2.33. The molecule has 5 rings (SSSR count). The molecule has 1 heterocycles. The first kappa shape index (κ1) is 16.4. The molecule has 1 unspecified atom stereocenters. The van der Waals surface area contributed by atoms with Crippen LogP contribution in [0.2, 0.25) is 0 Å². The van der Waals surface area contributed by atoms with Crippen LogP contribution in [-0.2, 0) is 12.8 Å². The fourth-order valence-electron chi connectivity index (χ4n) is 4.07. The number of ketones is 1. The third kappa shape index (κ3) is 2.61. The molecular formula is C22H18N2O2S. The third-order valence-corrected chi connectivity index (χ3v) is 6.68. The summed E-state index contributed by atoms with van der Waals surface area (Å²) >= 11 is 1.54. The van der Waals surface area contributed by atoms with Crippen molar-refractivity contribution >= 4 is 39.5 Å². The number of thiophene rings is 1. The SMILES string of the molecule is CC1CCc2sc(C(=O)N/N=C3\C(=O)c4cccc5cccc3c45)cc2C1. The monoisotopic (exact) mass is 374 g/mol. The van der Waals surface area contributed by atoms with Gasteiger partial charge in [0.1, 0.15) is 5.71 Å². The van der Waals surface area contributed by atoms with E-state index in [-0.39, 0.29) is 11.7 Å². The van der Waals surface area contributed by atoms with E-state index in [0.717, 1.165) is 29.2 Å². The zero-order valence-corrected chi connectivity index (χ0v) is 15.7. The normalized spacial score (nSPS) is 19.5. The number of carbonyl (C=O) groups excluding carboxylic acids is 2. The number of carbonyl (C=O) groups is 2. The first-order valence-corrected chi connectivity index (χ1v) is 10.00. The highest BCUT2D eigenvalue weighted by atomic mass is 32.1. The van der Waals surface area contributed by atoms with Crippen LogP contribution in [0.1, 0.15) is 49.4 Å². The van der Waals surface area contributed by atoms with Gasteiger partial charge in [-0.3, -0.25) is 9.59 Å². The van der Waals surface area contributed by atoms with Crippen molar-refractivity contribution < 1.29 is 9.59 Å². The second kappa shape index (κ2) is 6.13. The van der Waals surface area contributed by atoms with Crippen LogP contribution in [0.25, 0.3) is 10.8 Å². The van der Waals surface area contributed by atoms with Crippen molar-refractivity contribution in [3.8, 4) is 0 Å². The van der Waals surface area contributed by atoms with Gasteiger partial charge in [-0.15, -0.1) is 11.3 Å². The van der Waals surface area contributed by atoms with Crippen LogP contribution in [0, 0.1) is 5.92 Å². The summed E-state index contributed by atoms with van der Waals surface area (Å²) in [5.41, 5.74) is 5.64. The van der Waals surface area contributed by atoms with Gasteiger partial charge in [0.25, 0.3) is 5.91 Å². The minimum Gasteiger partial charge on any atom is -0.287 e. The zero-order chi connectivity index (χ0) is 18.5. The number of nitrogens with one attached hydrogen (secondary N) is 1. The lowest BCUT2D eigenvalue weighted by Gasteiger charge is -2.16. The van der Waals surface area contributed by atoms with Crippen molar-refractivity contribution in [3.63, 3.8) is 0 Å². The maximum Gasteiger partial charge on any atom is 0.281 e. The third-order valence-electron chi connectivity index (χ3n) is 5.44. The molecule has 0 saturated heterocycles. The lowest BCUT2D eigenvalue weighted by Crippen LogP contribution is -2.21. The average molecular weight is 374 g/mol. The van der Waals surface area contributed by atoms with E-state index in [0.29, 0.717) is 22.1 Å². The minimum atomic E-state index is -0.245. The molecule has 0 bridgehead atoms. The van der Waals surface area contributed by atoms with Crippen molar-refractivity contribution in [3.05, 3.63) is 68.9 Å². The van der Waals surface area contributed by atoms with E-state index in [4.69, 9.17) is 0 Å². The quantitative estimate of drug-likeness (QED) is 0.678. The summed E-state index contributed by atoms with van der Waals surface area (Å²) in [7, 11) is 0. The van der Waals surface area contributed by atoms with Gasteiger partial charge in [-0.25, -0.2) is 5.43 Å². The van der Waals surface area contributed by atoms with Crippen LogP contribution >= 0.6 is 11.3 Å². The van der Waals surface area contributed by atoms with Crippen molar-refractivity contribution in [1.82, 2.24) is 5.43 Å². The van der Waals surface area contributed by atoms with E-state index in [1.165, 1.54) is 16.9 Å². The minimum absolute atomic E-state index is 0.138. The van der Waals surface area contributed by atoms with E-state index in [1.807, 2.05) is 42.5 Å². The maximum absolute atomic E-state index is 12.7. The topological polar surface area (TPSA) is 58.5 Å². The first-order valence-electron chi connectivity index (χ1n) is 9.18. The number of hydrogen-bond donors (Lipinski definition) is 1. The Hall–Kier alpha value is -2.79. The Kier molecular flexibility index (Phi) is 3.72. The Balaban J connectivity index is 1.44. The summed E-state index contributed by atoms with van der Waals surface area (Å²) in [6.07, 6.45) is 3.25. The molecule has 134 valence electrons. The summed E-state index contributed by atoms with van der Waals surface area (Å²) in [4.78, 5) is 27.3. The molecule has 4 nitrogen and oxygen atoms in total. The molecule has 0 spiro atoms. The Morgan fingerprint density at radius 1 is 1.19 bits per heavy atom. The molecule has 1 atom stereocenters. The molecule has 1 aromatic heterocycles. The molecular weight excluding hydrogens is 356 g/mol. The summed E-state index contributed by atoms with van der Waals surface area (Å²) in [5, 5.41) is 6.14. The van der Waals surface area contributed by atoms with Gasteiger partial charge in [-0.2, -0.15) is 5.10 Å². The van der Waals surface area contributed by atoms with Gasteiger partial charge in [-0.1, -0.05) is 43.3 Å². The lowest BCUT2D eigenvalue weighted by atomic mass is 9.90. The van der Waals surface area contributed by atoms with Crippen LogP contribution < -0.4 is 5.43 Å². The molecule has 1 amide bonds. The molecule has 1 N–H and O–H groups in total. The summed E-state index contributed by atoms with van der Waals surface area (Å²) in [6.45, 7) is 2.25. The fraction of sp³-hybridized carbons (Fsp3) is 0.227. The number of benzene rings is 2. The highest BCUT2D eigenvalue weighted by Gasteiger charge is 2.29. The number of amides is 1.